The summed E-state index contributed by atoms with van der Waals surface area (Å²) in [6.07, 6.45) is 4.91. The quantitative estimate of drug-likeness (QED) is 0.702. The van der Waals surface area contributed by atoms with Gasteiger partial charge in [0, 0.05) is 24.1 Å². The molecule has 1 aliphatic heterocycles. The van der Waals surface area contributed by atoms with Crippen molar-refractivity contribution in [3.63, 3.8) is 0 Å². The second-order valence-electron chi connectivity index (χ2n) is 9.16. The Morgan fingerprint density at radius 2 is 1.87 bits per heavy atom. The van der Waals surface area contributed by atoms with Gasteiger partial charge >= 0.3 is 0 Å². The fourth-order valence-electron chi connectivity index (χ4n) is 5.11. The normalized spacial score (nSPS) is 23.9. The van der Waals surface area contributed by atoms with Crippen molar-refractivity contribution < 1.29 is 17.2 Å². The number of benzene rings is 2. The van der Waals surface area contributed by atoms with Crippen molar-refractivity contribution >= 4 is 10.0 Å². The predicted octanol–water partition coefficient (Wildman–Crippen LogP) is 3.89. The summed E-state index contributed by atoms with van der Waals surface area (Å²) in [6, 6.07) is 10.4. The molecule has 2 atom stereocenters. The first-order chi connectivity index (χ1) is 14.9. The molecule has 1 heterocycles. The van der Waals surface area contributed by atoms with Gasteiger partial charge in [0.1, 0.15) is 11.6 Å². The van der Waals surface area contributed by atoms with Gasteiger partial charge in [-0.05, 0) is 80.1 Å². The third-order valence-corrected chi connectivity index (χ3v) is 9.16. The van der Waals surface area contributed by atoms with E-state index in [1.807, 2.05) is 12.1 Å². The molecule has 4 nitrogen and oxygen atoms in total. The van der Waals surface area contributed by atoms with E-state index in [1.165, 1.54) is 12.5 Å². The van der Waals surface area contributed by atoms with Crippen molar-refractivity contribution in [3.8, 4) is 0 Å². The second kappa shape index (κ2) is 8.26. The third kappa shape index (κ3) is 4.15. The van der Waals surface area contributed by atoms with Crippen LogP contribution in [0.1, 0.15) is 53.9 Å². The van der Waals surface area contributed by atoms with Crippen molar-refractivity contribution in [1.29, 1.82) is 0 Å². The number of hydrogen-bond acceptors (Lipinski definition) is 3. The molecule has 1 N–H and O–H groups in total. The van der Waals surface area contributed by atoms with Crippen LogP contribution in [0.25, 0.3) is 0 Å². The molecule has 31 heavy (non-hydrogen) atoms. The van der Waals surface area contributed by atoms with Crippen LogP contribution in [0.2, 0.25) is 0 Å². The molecule has 0 aromatic heterocycles. The fraction of sp³-hybridized carbons (Fsp3) is 0.500. The summed E-state index contributed by atoms with van der Waals surface area (Å²) in [7, 11) is -3.40. The topological polar surface area (TPSA) is 49.4 Å². The zero-order valence-corrected chi connectivity index (χ0v) is 18.3. The Balaban J connectivity index is 1.42. The molecule has 2 aromatic rings. The summed E-state index contributed by atoms with van der Waals surface area (Å²) in [6.45, 7) is 2.04. The van der Waals surface area contributed by atoms with Gasteiger partial charge in [0.05, 0.1) is 5.25 Å². The maximum atomic E-state index is 14.8. The maximum absolute atomic E-state index is 14.8. The minimum absolute atomic E-state index is 0.0288. The van der Waals surface area contributed by atoms with Gasteiger partial charge < -0.3 is 0 Å². The molecule has 5 rings (SSSR count). The minimum atomic E-state index is -3.40. The lowest BCUT2D eigenvalue weighted by Gasteiger charge is -2.39. The summed E-state index contributed by atoms with van der Waals surface area (Å²) >= 11 is 0. The number of likely N-dealkylation sites (tertiary alicyclic amines) is 1. The Bertz CT molecular complexity index is 1080. The van der Waals surface area contributed by atoms with Gasteiger partial charge in [-0.25, -0.2) is 21.9 Å². The van der Waals surface area contributed by atoms with Gasteiger partial charge in [-0.1, -0.05) is 24.6 Å². The van der Waals surface area contributed by atoms with E-state index >= 15 is 0 Å². The Kier molecular flexibility index (Phi) is 5.61. The molecule has 0 bridgehead atoms. The van der Waals surface area contributed by atoms with Crippen LogP contribution in [0.3, 0.4) is 0 Å². The maximum Gasteiger partial charge on any atom is 0.214 e. The first kappa shape index (κ1) is 21.0. The molecule has 2 aliphatic carbocycles. The number of nitrogens with zero attached hydrogens (tertiary/aromatic N) is 1. The standard InChI is InChI=1S/C24H28F2N2O2S/c25-19-5-1-4-16(10-19)11-22-21-12-18(15-27-31(29,30)20-6-2-7-20)23(26)13-17(21)14-24(22)28-8-3-9-28/h1,4-5,10,12-13,20,22,24,27H,2-3,6-9,11,14-15H2. The second-order valence-corrected chi connectivity index (χ2v) is 11.2. The molecule has 2 aromatic carbocycles. The first-order valence-electron chi connectivity index (χ1n) is 11.2. The van der Waals surface area contributed by atoms with Crippen LogP contribution in [-0.4, -0.2) is 37.7 Å². The number of halogens is 2. The highest BCUT2D eigenvalue weighted by atomic mass is 32.2. The lowest BCUT2D eigenvalue weighted by molar-refractivity contribution is 0.106. The molecular weight excluding hydrogens is 418 g/mol. The van der Waals surface area contributed by atoms with Gasteiger partial charge in [0.15, 0.2) is 0 Å². The highest BCUT2D eigenvalue weighted by Gasteiger charge is 2.39. The Morgan fingerprint density at radius 3 is 2.52 bits per heavy atom. The van der Waals surface area contributed by atoms with Crippen LogP contribution in [-0.2, 0) is 29.4 Å². The van der Waals surface area contributed by atoms with E-state index in [9.17, 15) is 17.2 Å². The van der Waals surface area contributed by atoms with Crippen LogP contribution < -0.4 is 4.72 Å². The average molecular weight is 447 g/mol. The zero-order chi connectivity index (χ0) is 21.6. The summed E-state index contributed by atoms with van der Waals surface area (Å²) in [5, 5.41) is -0.346. The molecule has 0 radical (unpaired) electrons. The monoisotopic (exact) mass is 446 g/mol. The lowest BCUT2D eigenvalue weighted by atomic mass is 9.88. The molecule has 2 fully saturated rings. The predicted molar refractivity (Wildman–Crippen MR) is 116 cm³/mol. The minimum Gasteiger partial charge on any atom is -0.299 e. The lowest BCUT2D eigenvalue weighted by Crippen LogP contribution is -2.47. The van der Waals surface area contributed by atoms with E-state index in [0.717, 1.165) is 42.6 Å². The van der Waals surface area contributed by atoms with Crippen LogP contribution in [0.4, 0.5) is 8.78 Å². The molecule has 7 heteroatoms. The Morgan fingerprint density at radius 1 is 1.06 bits per heavy atom. The number of fused-ring (bicyclic) bond motifs is 1. The fourth-order valence-corrected chi connectivity index (χ4v) is 6.65. The van der Waals surface area contributed by atoms with Crippen molar-refractivity contribution in [3.05, 3.63) is 70.3 Å². The number of nitrogens with one attached hydrogen (secondary N) is 1. The largest absolute Gasteiger partial charge is 0.299 e. The van der Waals surface area contributed by atoms with E-state index in [-0.39, 0.29) is 35.4 Å². The molecule has 3 aliphatic rings. The van der Waals surface area contributed by atoms with Gasteiger partial charge in [-0.3, -0.25) is 4.90 Å². The van der Waals surface area contributed by atoms with E-state index in [0.29, 0.717) is 24.8 Å². The molecule has 0 spiro atoms. The molecule has 2 unspecified atom stereocenters. The van der Waals surface area contributed by atoms with E-state index < -0.39 is 10.0 Å². The van der Waals surface area contributed by atoms with Crippen molar-refractivity contribution in [2.45, 2.75) is 62.3 Å². The summed E-state index contributed by atoms with van der Waals surface area (Å²) in [4.78, 5) is 2.43. The highest BCUT2D eigenvalue weighted by molar-refractivity contribution is 7.90. The number of rotatable bonds is 7. The van der Waals surface area contributed by atoms with Crippen LogP contribution >= 0.6 is 0 Å². The van der Waals surface area contributed by atoms with Crippen LogP contribution in [0.15, 0.2) is 36.4 Å². The SMILES string of the molecule is O=S(=O)(NCc1cc2c(cc1F)CC(N1CCC1)C2Cc1cccc(F)c1)C1CCC1. The van der Waals surface area contributed by atoms with Crippen molar-refractivity contribution in [2.75, 3.05) is 13.1 Å². The molecule has 1 saturated carbocycles. The smallest absolute Gasteiger partial charge is 0.214 e. The zero-order valence-electron chi connectivity index (χ0n) is 17.5. The molecule has 166 valence electrons. The number of hydrogen-bond donors (Lipinski definition) is 1. The van der Waals surface area contributed by atoms with Crippen LogP contribution in [0, 0.1) is 11.6 Å². The van der Waals surface area contributed by atoms with Crippen molar-refractivity contribution in [1.82, 2.24) is 9.62 Å². The number of sulfonamides is 1. The van der Waals surface area contributed by atoms with E-state index in [2.05, 4.69) is 9.62 Å². The third-order valence-electron chi connectivity index (χ3n) is 7.26. The Labute approximate surface area is 182 Å². The van der Waals surface area contributed by atoms with E-state index in [1.54, 1.807) is 18.2 Å². The van der Waals surface area contributed by atoms with E-state index in [4.69, 9.17) is 0 Å². The summed E-state index contributed by atoms with van der Waals surface area (Å²) < 4.78 is 56.0. The summed E-state index contributed by atoms with van der Waals surface area (Å²) in [5.41, 5.74) is 3.37. The van der Waals surface area contributed by atoms with Gasteiger partial charge in [0.2, 0.25) is 10.0 Å². The average Bonchev–Trinajstić information content (AvgIpc) is 2.93. The first-order valence-corrected chi connectivity index (χ1v) is 12.7. The Hall–Kier alpha value is -1.83. The van der Waals surface area contributed by atoms with Crippen molar-refractivity contribution in [2.24, 2.45) is 0 Å². The van der Waals surface area contributed by atoms with Gasteiger partial charge in [-0.2, -0.15) is 0 Å². The van der Waals surface area contributed by atoms with Gasteiger partial charge in [0.25, 0.3) is 0 Å². The van der Waals surface area contributed by atoms with Crippen LogP contribution in [0.5, 0.6) is 0 Å². The summed E-state index contributed by atoms with van der Waals surface area (Å²) in [5.74, 6) is -0.468. The highest BCUT2D eigenvalue weighted by Crippen LogP contribution is 2.41. The van der Waals surface area contributed by atoms with Gasteiger partial charge in [-0.15, -0.1) is 0 Å². The molecule has 1 saturated heterocycles. The molecular formula is C24H28F2N2O2S. The molecule has 0 amide bonds.